The third kappa shape index (κ3) is 4.14. The van der Waals surface area contributed by atoms with Gasteiger partial charge in [-0.2, -0.15) is 0 Å². The lowest BCUT2D eigenvalue weighted by Crippen LogP contribution is -2.09. The molecule has 90 valence electrons. The van der Waals surface area contributed by atoms with E-state index >= 15 is 0 Å². The Morgan fingerprint density at radius 1 is 1.31 bits per heavy atom. The Hall–Kier alpha value is -1.16. The molecule has 4 nitrogen and oxygen atoms in total. The van der Waals surface area contributed by atoms with Gasteiger partial charge < -0.3 is 9.84 Å². The molecule has 0 aliphatic heterocycles. The second-order valence-electron chi connectivity index (χ2n) is 5.12. The van der Waals surface area contributed by atoms with Crippen molar-refractivity contribution in [2.75, 3.05) is 7.11 Å². The van der Waals surface area contributed by atoms with Crippen LogP contribution in [-0.4, -0.2) is 22.4 Å². The maximum Gasteiger partial charge on any atom is 0.233 e. The van der Waals surface area contributed by atoms with Gasteiger partial charge in [-0.05, 0) is 24.3 Å². The second kappa shape index (κ2) is 5.25. The molecular formula is C12H20N2O2. The van der Waals surface area contributed by atoms with Crippen LogP contribution in [0.5, 0.6) is 5.88 Å². The molecule has 1 heterocycles. The minimum absolute atomic E-state index is 0.223. The van der Waals surface area contributed by atoms with Crippen molar-refractivity contribution >= 4 is 0 Å². The number of hydrogen-bond acceptors (Lipinski definition) is 4. The van der Waals surface area contributed by atoms with Crippen molar-refractivity contribution < 1.29 is 9.84 Å². The molecule has 1 aromatic heterocycles. The highest BCUT2D eigenvalue weighted by Crippen LogP contribution is 2.26. The monoisotopic (exact) mass is 224 g/mol. The van der Waals surface area contributed by atoms with Gasteiger partial charge in [0.2, 0.25) is 5.88 Å². The van der Waals surface area contributed by atoms with E-state index in [1.165, 1.54) is 0 Å². The molecule has 0 saturated heterocycles. The summed E-state index contributed by atoms with van der Waals surface area (Å²) in [6.45, 7) is 6.46. The molecule has 0 radical (unpaired) electrons. The molecule has 16 heavy (non-hydrogen) atoms. The van der Waals surface area contributed by atoms with E-state index < -0.39 is 6.10 Å². The normalized spacial score (nSPS) is 13.6. The number of aromatic nitrogens is 2. The Morgan fingerprint density at radius 3 is 2.44 bits per heavy atom. The highest BCUT2D eigenvalue weighted by Gasteiger charge is 2.16. The third-order valence-corrected chi connectivity index (χ3v) is 2.38. The number of methoxy groups -OCH3 is 1. The lowest BCUT2D eigenvalue weighted by molar-refractivity contribution is 0.142. The van der Waals surface area contributed by atoms with Crippen LogP contribution < -0.4 is 4.74 Å². The van der Waals surface area contributed by atoms with Crippen LogP contribution in [0.4, 0.5) is 0 Å². The van der Waals surface area contributed by atoms with Gasteiger partial charge in [0.15, 0.2) is 0 Å². The largest absolute Gasteiger partial charge is 0.480 e. The van der Waals surface area contributed by atoms with Crippen molar-refractivity contribution in [3.05, 3.63) is 17.8 Å². The first-order valence-electron chi connectivity index (χ1n) is 5.48. The average molecular weight is 224 g/mol. The van der Waals surface area contributed by atoms with E-state index in [2.05, 4.69) is 31.0 Å². The summed E-state index contributed by atoms with van der Waals surface area (Å²) < 4.78 is 4.91. The molecule has 0 amide bonds. The van der Waals surface area contributed by atoms with Crippen LogP contribution in [0.15, 0.2) is 12.1 Å². The highest BCUT2D eigenvalue weighted by molar-refractivity contribution is 5.12. The second-order valence-corrected chi connectivity index (χ2v) is 5.12. The van der Waals surface area contributed by atoms with Crippen LogP contribution in [0.1, 0.15) is 45.4 Å². The van der Waals surface area contributed by atoms with Gasteiger partial charge >= 0.3 is 0 Å². The molecule has 0 saturated carbocycles. The van der Waals surface area contributed by atoms with Gasteiger partial charge in [0.05, 0.1) is 18.9 Å². The topological polar surface area (TPSA) is 55.2 Å². The number of aliphatic hydroxyl groups is 1. The van der Waals surface area contributed by atoms with Crippen molar-refractivity contribution in [1.82, 2.24) is 10.2 Å². The van der Waals surface area contributed by atoms with Crippen molar-refractivity contribution in [2.24, 2.45) is 5.41 Å². The molecule has 0 bridgehead atoms. The summed E-state index contributed by atoms with van der Waals surface area (Å²) in [5.41, 5.74) is 0.825. The van der Waals surface area contributed by atoms with Gasteiger partial charge in [0, 0.05) is 6.07 Å². The van der Waals surface area contributed by atoms with Gasteiger partial charge in [-0.25, -0.2) is 0 Å². The maximum atomic E-state index is 9.90. The predicted molar refractivity (Wildman–Crippen MR) is 62.2 cm³/mol. The number of hydrogen-bond donors (Lipinski definition) is 1. The van der Waals surface area contributed by atoms with Gasteiger partial charge in [-0.15, -0.1) is 10.2 Å². The summed E-state index contributed by atoms with van der Waals surface area (Å²) in [4.78, 5) is 0. The van der Waals surface area contributed by atoms with E-state index in [1.54, 1.807) is 19.2 Å². The van der Waals surface area contributed by atoms with E-state index in [1.807, 2.05) is 0 Å². The van der Waals surface area contributed by atoms with E-state index in [4.69, 9.17) is 4.74 Å². The summed E-state index contributed by atoms with van der Waals surface area (Å²) in [5, 5.41) is 17.7. The zero-order chi connectivity index (χ0) is 12.2. The summed E-state index contributed by atoms with van der Waals surface area (Å²) in [6, 6.07) is 3.46. The van der Waals surface area contributed by atoms with Crippen molar-refractivity contribution in [3.8, 4) is 5.88 Å². The highest BCUT2D eigenvalue weighted by atomic mass is 16.5. The van der Waals surface area contributed by atoms with Crippen LogP contribution in [-0.2, 0) is 0 Å². The van der Waals surface area contributed by atoms with E-state index in [-0.39, 0.29) is 5.41 Å². The molecule has 4 heteroatoms. The standard InChI is InChI=1S/C12H20N2O2/c1-12(2,3)8-7-10(15)9-5-6-11(16-4)14-13-9/h5-6,10,15H,7-8H2,1-4H3. The molecule has 0 aromatic carbocycles. The first kappa shape index (κ1) is 12.9. The molecule has 0 spiro atoms. The first-order valence-corrected chi connectivity index (χ1v) is 5.48. The zero-order valence-corrected chi connectivity index (χ0v) is 10.4. The Kier molecular flexibility index (Phi) is 4.24. The number of nitrogens with zero attached hydrogens (tertiary/aromatic N) is 2. The predicted octanol–water partition coefficient (Wildman–Crippen LogP) is 2.34. The lowest BCUT2D eigenvalue weighted by atomic mass is 9.89. The van der Waals surface area contributed by atoms with Crippen LogP contribution in [0.25, 0.3) is 0 Å². The van der Waals surface area contributed by atoms with Crippen LogP contribution in [0, 0.1) is 5.41 Å². The quantitative estimate of drug-likeness (QED) is 0.853. The Bertz CT molecular complexity index is 317. The van der Waals surface area contributed by atoms with Gasteiger partial charge in [0.1, 0.15) is 0 Å². The third-order valence-electron chi connectivity index (χ3n) is 2.38. The molecule has 0 fully saturated rings. The van der Waals surface area contributed by atoms with Crippen LogP contribution in [0.2, 0.25) is 0 Å². The van der Waals surface area contributed by atoms with Crippen molar-refractivity contribution in [3.63, 3.8) is 0 Å². The summed E-state index contributed by atoms with van der Waals surface area (Å²) in [7, 11) is 1.54. The minimum Gasteiger partial charge on any atom is -0.480 e. The molecule has 1 rings (SSSR count). The van der Waals surface area contributed by atoms with Gasteiger partial charge in [0.25, 0.3) is 0 Å². The fraction of sp³-hybridized carbons (Fsp3) is 0.667. The number of aliphatic hydroxyl groups excluding tert-OH is 1. The SMILES string of the molecule is COc1ccc(C(O)CCC(C)(C)C)nn1. The Labute approximate surface area is 96.7 Å². The maximum absolute atomic E-state index is 9.90. The van der Waals surface area contributed by atoms with Crippen molar-refractivity contribution in [2.45, 2.75) is 39.7 Å². The van der Waals surface area contributed by atoms with E-state index in [0.717, 1.165) is 6.42 Å². The summed E-state index contributed by atoms with van der Waals surface area (Å²) >= 11 is 0. The van der Waals surface area contributed by atoms with Crippen molar-refractivity contribution in [1.29, 1.82) is 0 Å². The first-order chi connectivity index (χ1) is 7.42. The molecule has 1 atom stereocenters. The lowest BCUT2D eigenvalue weighted by Gasteiger charge is -2.19. The number of ether oxygens (including phenoxy) is 1. The van der Waals surface area contributed by atoms with Crippen LogP contribution in [0.3, 0.4) is 0 Å². The van der Waals surface area contributed by atoms with Crippen LogP contribution >= 0.6 is 0 Å². The van der Waals surface area contributed by atoms with Gasteiger partial charge in [-0.1, -0.05) is 20.8 Å². The minimum atomic E-state index is -0.544. The van der Waals surface area contributed by atoms with E-state index in [0.29, 0.717) is 18.0 Å². The van der Waals surface area contributed by atoms with E-state index in [9.17, 15) is 5.11 Å². The molecule has 1 unspecified atom stereocenters. The number of rotatable bonds is 4. The fourth-order valence-electron chi connectivity index (χ4n) is 1.33. The van der Waals surface area contributed by atoms with Gasteiger partial charge in [-0.3, -0.25) is 0 Å². The fourth-order valence-corrected chi connectivity index (χ4v) is 1.33. The smallest absolute Gasteiger partial charge is 0.233 e. The Balaban J connectivity index is 2.56. The molecule has 1 N–H and O–H groups in total. The molecule has 1 aromatic rings. The zero-order valence-electron chi connectivity index (χ0n) is 10.4. The molecule has 0 aliphatic rings. The Morgan fingerprint density at radius 2 is 2.00 bits per heavy atom. The summed E-state index contributed by atoms with van der Waals surface area (Å²) in [5.74, 6) is 0.465. The molecular weight excluding hydrogens is 204 g/mol. The average Bonchev–Trinajstić information content (AvgIpc) is 2.25. The summed E-state index contributed by atoms with van der Waals surface area (Å²) in [6.07, 6.45) is 1.10. The molecule has 0 aliphatic carbocycles.